The number of hydrogen-bond donors (Lipinski definition) is 3. The van der Waals surface area contributed by atoms with Crippen LogP contribution in [0.4, 0.5) is 5.69 Å². The number of rotatable bonds is 9. The summed E-state index contributed by atoms with van der Waals surface area (Å²) in [7, 11) is 0. The van der Waals surface area contributed by atoms with E-state index >= 15 is 0 Å². The predicted octanol–water partition coefficient (Wildman–Crippen LogP) is 3.77. The summed E-state index contributed by atoms with van der Waals surface area (Å²) in [6, 6.07) is 5.91. The Labute approximate surface area is 202 Å². The van der Waals surface area contributed by atoms with Gasteiger partial charge in [-0.05, 0) is 54.4 Å². The Bertz CT molecular complexity index is 1000. The van der Waals surface area contributed by atoms with Crippen molar-refractivity contribution in [2.24, 2.45) is 11.7 Å². The second-order valence-corrected chi connectivity index (χ2v) is 9.93. The minimum atomic E-state index is -0.872. The van der Waals surface area contributed by atoms with Crippen molar-refractivity contribution in [3.8, 4) is 0 Å². The number of primary amides is 1. The van der Waals surface area contributed by atoms with E-state index < -0.39 is 17.9 Å². The number of benzene rings is 1. The highest BCUT2D eigenvalue weighted by Gasteiger charge is 2.39. The van der Waals surface area contributed by atoms with Gasteiger partial charge in [0.1, 0.15) is 10.9 Å². The molecule has 0 bridgehead atoms. The van der Waals surface area contributed by atoms with Crippen molar-refractivity contribution in [1.82, 2.24) is 14.6 Å². The molecule has 178 valence electrons. The van der Waals surface area contributed by atoms with Crippen molar-refractivity contribution in [2.75, 3.05) is 12.3 Å². The number of nitrogens with two attached hydrogens (primary N) is 2. The van der Waals surface area contributed by atoms with Crippen LogP contribution < -0.4 is 16.8 Å². The van der Waals surface area contributed by atoms with Crippen LogP contribution in [0.5, 0.6) is 0 Å². The number of carbonyl (C=O) groups is 3. The standard InChI is InChI=1S/C23H30ClN5O3S/c1-13(2)11-12-27-22(31)19(14-7-9-15(24)10-8-14)29(16-5-3-4-6-16)23(32)20-17(25)18(21(26)30)28-33-20/h7-10,13,16,19H,3-6,11-12,25H2,1-2H3,(H2,26,30)(H,27,31)/t19-/m1/s1. The molecule has 1 heterocycles. The maximum absolute atomic E-state index is 13.8. The zero-order chi connectivity index (χ0) is 24.1. The molecule has 5 N–H and O–H groups in total. The van der Waals surface area contributed by atoms with Gasteiger partial charge in [0.2, 0.25) is 5.91 Å². The normalized spacial score (nSPS) is 14.9. The number of hydrogen-bond acceptors (Lipinski definition) is 6. The summed E-state index contributed by atoms with van der Waals surface area (Å²) in [5, 5.41) is 3.53. The summed E-state index contributed by atoms with van der Waals surface area (Å²) in [6.45, 7) is 4.67. The fourth-order valence-corrected chi connectivity index (χ4v) is 4.96. The molecule has 8 nitrogen and oxygen atoms in total. The summed E-state index contributed by atoms with van der Waals surface area (Å²) in [4.78, 5) is 40.7. The molecule has 1 atom stereocenters. The largest absolute Gasteiger partial charge is 0.395 e. The highest BCUT2D eigenvalue weighted by molar-refractivity contribution is 7.09. The van der Waals surface area contributed by atoms with Crippen molar-refractivity contribution >= 4 is 46.5 Å². The van der Waals surface area contributed by atoms with Gasteiger partial charge in [0.05, 0.1) is 5.69 Å². The maximum atomic E-state index is 13.8. The van der Waals surface area contributed by atoms with Crippen LogP contribution in [0.25, 0.3) is 0 Å². The van der Waals surface area contributed by atoms with E-state index in [1.807, 2.05) is 0 Å². The quantitative estimate of drug-likeness (QED) is 0.491. The van der Waals surface area contributed by atoms with E-state index in [2.05, 4.69) is 23.5 Å². The number of nitrogens with one attached hydrogen (secondary N) is 1. The molecule has 2 aromatic rings. The first-order chi connectivity index (χ1) is 15.7. The lowest BCUT2D eigenvalue weighted by molar-refractivity contribution is -0.126. The number of carbonyl (C=O) groups excluding carboxylic acids is 3. The molecule has 0 unspecified atom stereocenters. The van der Waals surface area contributed by atoms with Gasteiger partial charge in [-0.2, -0.15) is 4.37 Å². The number of halogens is 1. The average molecular weight is 492 g/mol. The molecule has 10 heteroatoms. The van der Waals surface area contributed by atoms with Gasteiger partial charge in [-0.3, -0.25) is 14.4 Å². The Hall–Kier alpha value is -2.65. The number of aromatic nitrogens is 1. The summed E-state index contributed by atoms with van der Waals surface area (Å²) in [6.07, 6.45) is 4.29. The van der Waals surface area contributed by atoms with Crippen LogP contribution in [0.2, 0.25) is 5.02 Å². The van der Waals surface area contributed by atoms with Crippen LogP contribution >= 0.6 is 23.1 Å². The smallest absolute Gasteiger partial charge is 0.270 e. The number of nitrogens with zero attached hydrogens (tertiary/aromatic N) is 2. The van der Waals surface area contributed by atoms with Crippen LogP contribution in [-0.4, -0.2) is 39.6 Å². The molecule has 0 spiro atoms. The fraction of sp³-hybridized carbons (Fsp3) is 0.478. The number of nitrogen functional groups attached to an aromatic ring is 1. The predicted molar refractivity (Wildman–Crippen MR) is 130 cm³/mol. The van der Waals surface area contributed by atoms with E-state index in [4.69, 9.17) is 23.1 Å². The van der Waals surface area contributed by atoms with Gasteiger partial charge in [-0.25, -0.2) is 0 Å². The molecule has 1 fully saturated rings. The Morgan fingerprint density at radius 3 is 2.39 bits per heavy atom. The number of amides is 3. The monoisotopic (exact) mass is 491 g/mol. The fourth-order valence-electron chi connectivity index (χ4n) is 4.09. The minimum absolute atomic E-state index is 0.0458. The molecule has 3 amide bonds. The van der Waals surface area contributed by atoms with Gasteiger partial charge < -0.3 is 21.7 Å². The lowest BCUT2D eigenvalue weighted by Gasteiger charge is -2.36. The van der Waals surface area contributed by atoms with Gasteiger partial charge in [-0.15, -0.1) is 0 Å². The van der Waals surface area contributed by atoms with Gasteiger partial charge in [0.15, 0.2) is 5.69 Å². The lowest BCUT2D eigenvalue weighted by atomic mass is 10.00. The van der Waals surface area contributed by atoms with Crippen molar-refractivity contribution in [3.05, 3.63) is 45.4 Å². The highest BCUT2D eigenvalue weighted by Crippen LogP contribution is 2.35. The van der Waals surface area contributed by atoms with Crippen LogP contribution in [0, 0.1) is 5.92 Å². The molecule has 1 aliphatic carbocycles. The van der Waals surface area contributed by atoms with Gasteiger partial charge in [-0.1, -0.05) is 50.4 Å². The van der Waals surface area contributed by atoms with Crippen molar-refractivity contribution in [3.63, 3.8) is 0 Å². The van der Waals surface area contributed by atoms with Crippen LogP contribution in [-0.2, 0) is 4.79 Å². The van der Waals surface area contributed by atoms with Crippen molar-refractivity contribution in [1.29, 1.82) is 0 Å². The summed E-state index contributed by atoms with van der Waals surface area (Å²) < 4.78 is 3.98. The van der Waals surface area contributed by atoms with E-state index in [9.17, 15) is 14.4 Å². The SMILES string of the molecule is CC(C)CCNC(=O)[C@@H](c1ccc(Cl)cc1)N(C(=O)c1snc(C(N)=O)c1N)C1CCCC1. The van der Waals surface area contributed by atoms with Gasteiger partial charge in [0, 0.05) is 17.6 Å². The summed E-state index contributed by atoms with van der Waals surface area (Å²) in [5.74, 6) is -1.06. The molecule has 3 rings (SSSR count). The third-order valence-corrected chi connectivity index (χ3v) is 6.94. The van der Waals surface area contributed by atoms with Crippen LogP contribution in [0.3, 0.4) is 0 Å². The highest BCUT2D eigenvalue weighted by atomic mass is 35.5. The Morgan fingerprint density at radius 1 is 1.21 bits per heavy atom. The molecular weight excluding hydrogens is 462 g/mol. The van der Waals surface area contributed by atoms with Crippen molar-refractivity contribution in [2.45, 2.75) is 58.0 Å². The third-order valence-electron chi connectivity index (χ3n) is 5.84. The van der Waals surface area contributed by atoms with E-state index in [0.717, 1.165) is 43.6 Å². The Morgan fingerprint density at radius 2 is 1.85 bits per heavy atom. The molecule has 1 saturated carbocycles. The molecular formula is C23H30ClN5O3S. The third kappa shape index (κ3) is 5.83. The van der Waals surface area contributed by atoms with E-state index in [0.29, 0.717) is 23.0 Å². The average Bonchev–Trinajstić information content (AvgIpc) is 3.42. The topological polar surface area (TPSA) is 131 Å². The van der Waals surface area contributed by atoms with Crippen molar-refractivity contribution < 1.29 is 14.4 Å². The molecule has 33 heavy (non-hydrogen) atoms. The molecule has 1 aromatic carbocycles. The zero-order valence-corrected chi connectivity index (χ0v) is 20.4. The second-order valence-electron chi connectivity index (χ2n) is 8.72. The number of anilines is 1. The minimum Gasteiger partial charge on any atom is -0.395 e. The van der Waals surface area contributed by atoms with Crippen LogP contribution in [0.15, 0.2) is 24.3 Å². The van der Waals surface area contributed by atoms with E-state index in [1.165, 1.54) is 0 Å². The Balaban J connectivity index is 2.04. The zero-order valence-electron chi connectivity index (χ0n) is 18.8. The summed E-state index contributed by atoms with van der Waals surface area (Å²) >= 11 is 6.91. The Kier molecular flexibility index (Phi) is 8.31. The summed E-state index contributed by atoms with van der Waals surface area (Å²) in [5.41, 5.74) is 11.9. The second kappa shape index (κ2) is 11.0. The van der Waals surface area contributed by atoms with E-state index in [-0.39, 0.29) is 28.2 Å². The molecule has 1 aliphatic rings. The molecule has 0 saturated heterocycles. The molecule has 0 aliphatic heterocycles. The van der Waals surface area contributed by atoms with Crippen LogP contribution in [0.1, 0.15) is 77.7 Å². The lowest BCUT2D eigenvalue weighted by Crippen LogP contribution is -2.48. The first-order valence-electron chi connectivity index (χ1n) is 11.1. The van der Waals surface area contributed by atoms with Gasteiger partial charge >= 0.3 is 0 Å². The molecule has 0 radical (unpaired) electrons. The first kappa shape index (κ1) is 25.0. The van der Waals surface area contributed by atoms with E-state index in [1.54, 1.807) is 29.2 Å². The molecule has 1 aromatic heterocycles. The van der Waals surface area contributed by atoms with Gasteiger partial charge in [0.25, 0.3) is 11.8 Å². The maximum Gasteiger partial charge on any atom is 0.270 e. The first-order valence-corrected chi connectivity index (χ1v) is 12.3.